The van der Waals surface area contributed by atoms with Crippen LogP contribution in [0.25, 0.3) is 0 Å². The number of carbonyl (C=O) groups excluding carboxylic acids is 1. The number of aliphatic carboxylic acids is 1. The molecule has 1 amide bonds. The van der Waals surface area contributed by atoms with Crippen LogP contribution in [-0.2, 0) is 9.59 Å². The fourth-order valence-corrected chi connectivity index (χ4v) is 3.36. The number of aliphatic hydroxyl groups is 1. The van der Waals surface area contributed by atoms with Crippen molar-refractivity contribution in [3.63, 3.8) is 0 Å². The summed E-state index contributed by atoms with van der Waals surface area (Å²) in [5.74, 6) is -1.81. The Hall–Kier alpha value is -1.10. The molecular formula is C14H23NO4. The van der Waals surface area contributed by atoms with Crippen LogP contribution in [0.4, 0.5) is 0 Å². The zero-order valence-corrected chi connectivity index (χ0v) is 11.2. The van der Waals surface area contributed by atoms with E-state index in [1.807, 2.05) is 0 Å². The van der Waals surface area contributed by atoms with Gasteiger partial charge in [0.05, 0.1) is 17.9 Å². The highest BCUT2D eigenvalue weighted by molar-refractivity contribution is 5.84. The van der Waals surface area contributed by atoms with Crippen molar-refractivity contribution in [2.45, 2.75) is 51.0 Å². The third-order valence-corrected chi connectivity index (χ3v) is 4.58. The highest BCUT2D eigenvalue weighted by atomic mass is 16.4. The number of nitrogens with one attached hydrogen (secondary N) is 1. The number of aliphatic hydroxyl groups excluding tert-OH is 1. The van der Waals surface area contributed by atoms with Gasteiger partial charge in [-0.3, -0.25) is 9.59 Å². The second-order valence-electron chi connectivity index (χ2n) is 5.84. The monoisotopic (exact) mass is 269 g/mol. The summed E-state index contributed by atoms with van der Waals surface area (Å²) in [6.45, 7) is 0.475. The molecule has 2 aliphatic carbocycles. The van der Waals surface area contributed by atoms with Crippen LogP contribution in [0.2, 0.25) is 0 Å². The molecule has 0 aromatic rings. The number of amides is 1. The second kappa shape index (κ2) is 6.37. The van der Waals surface area contributed by atoms with E-state index < -0.39 is 17.8 Å². The fourth-order valence-electron chi connectivity index (χ4n) is 3.36. The first-order valence-electron chi connectivity index (χ1n) is 7.28. The Balaban J connectivity index is 1.85. The first kappa shape index (κ1) is 14.3. The minimum Gasteiger partial charge on any atom is -0.481 e. The van der Waals surface area contributed by atoms with Crippen LogP contribution in [0.1, 0.15) is 44.9 Å². The minimum atomic E-state index is -0.860. The predicted octanol–water partition coefficient (Wildman–Crippen LogP) is 1.15. The zero-order chi connectivity index (χ0) is 13.8. The summed E-state index contributed by atoms with van der Waals surface area (Å²) in [5.41, 5.74) is 0. The van der Waals surface area contributed by atoms with Gasteiger partial charge in [0, 0.05) is 12.5 Å². The molecule has 3 N–H and O–H groups in total. The van der Waals surface area contributed by atoms with E-state index in [1.165, 1.54) is 0 Å². The number of hydrogen-bond acceptors (Lipinski definition) is 3. The molecular weight excluding hydrogens is 246 g/mol. The summed E-state index contributed by atoms with van der Waals surface area (Å²) in [5, 5.41) is 21.7. The van der Waals surface area contributed by atoms with Gasteiger partial charge in [0.1, 0.15) is 0 Å². The highest BCUT2D eigenvalue weighted by Crippen LogP contribution is 2.31. The van der Waals surface area contributed by atoms with Crippen LogP contribution >= 0.6 is 0 Å². The Bertz CT molecular complexity index is 344. The molecule has 2 rings (SSSR count). The Morgan fingerprint density at radius 2 is 1.68 bits per heavy atom. The van der Waals surface area contributed by atoms with E-state index in [0.29, 0.717) is 19.4 Å². The predicted molar refractivity (Wildman–Crippen MR) is 69.4 cm³/mol. The Morgan fingerprint density at radius 3 is 2.26 bits per heavy atom. The Morgan fingerprint density at radius 1 is 1.00 bits per heavy atom. The van der Waals surface area contributed by atoms with Crippen LogP contribution in [0.5, 0.6) is 0 Å². The third-order valence-electron chi connectivity index (χ3n) is 4.58. The Kier molecular flexibility index (Phi) is 4.80. The lowest BCUT2D eigenvalue weighted by Gasteiger charge is -2.28. The van der Waals surface area contributed by atoms with Gasteiger partial charge in [0.25, 0.3) is 0 Å². The van der Waals surface area contributed by atoms with Crippen LogP contribution in [-0.4, -0.2) is 34.7 Å². The molecule has 2 saturated carbocycles. The normalized spacial score (nSPS) is 35.0. The maximum Gasteiger partial charge on any atom is 0.307 e. The van der Waals surface area contributed by atoms with Crippen molar-refractivity contribution in [2.24, 2.45) is 17.8 Å². The average molecular weight is 269 g/mol. The molecule has 0 bridgehead atoms. The molecule has 0 heterocycles. The largest absolute Gasteiger partial charge is 0.481 e. The van der Waals surface area contributed by atoms with Gasteiger partial charge in [0.15, 0.2) is 0 Å². The molecule has 0 saturated heterocycles. The van der Waals surface area contributed by atoms with Crippen molar-refractivity contribution >= 4 is 11.9 Å². The third kappa shape index (κ3) is 3.47. The van der Waals surface area contributed by atoms with Gasteiger partial charge in [-0.05, 0) is 25.7 Å². The Labute approximate surface area is 113 Å². The summed E-state index contributed by atoms with van der Waals surface area (Å²) in [6, 6.07) is 0. The zero-order valence-electron chi connectivity index (χ0n) is 11.2. The van der Waals surface area contributed by atoms with Gasteiger partial charge in [-0.2, -0.15) is 0 Å². The number of carbonyl (C=O) groups is 2. The van der Waals surface area contributed by atoms with Crippen molar-refractivity contribution < 1.29 is 19.8 Å². The molecule has 2 aliphatic rings. The molecule has 0 aromatic heterocycles. The van der Waals surface area contributed by atoms with E-state index in [0.717, 1.165) is 32.1 Å². The first-order valence-corrected chi connectivity index (χ1v) is 7.28. The number of carboxylic acids is 1. The van der Waals surface area contributed by atoms with Crippen LogP contribution in [0.3, 0.4) is 0 Å². The maximum absolute atomic E-state index is 12.1. The number of hydrogen-bond donors (Lipinski definition) is 3. The van der Waals surface area contributed by atoms with Crippen molar-refractivity contribution in [3.05, 3.63) is 0 Å². The van der Waals surface area contributed by atoms with Crippen LogP contribution in [0.15, 0.2) is 0 Å². The standard InChI is InChI=1S/C14H23NO4/c16-12-7-3-4-9(12)8-15-13(17)10-5-1-2-6-11(10)14(18)19/h9-12,16H,1-8H2,(H,15,17)(H,18,19). The van der Waals surface area contributed by atoms with Crippen LogP contribution in [0, 0.1) is 17.8 Å². The van der Waals surface area contributed by atoms with Gasteiger partial charge in [0.2, 0.25) is 5.91 Å². The number of rotatable bonds is 4. The van der Waals surface area contributed by atoms with Gasteiger partial charge < -0.3 is 15.5 Å². The van der Waals surface area contributed by atoms with E-state index >= 15 is 0 Å². The van der Waals surface area contributed by atoms with Crippen LogP contribution < -0.4 is 5.32 Å². The topological polar surface area (TPSA) is 86.6 Å². The maximum atomic E-state index is 12.1. The molecule has 0 aliphatic heterocycles. The molecule has 5 heteroatoms. The van der Waals surface area contributed by atoms with Gasteiger partial charge in [-0.15, -0.1) is 0 Å². The molecule has 0 radical (unpaired) electrons. The van der Waals surface area contributed by atoms with Crippen molar-refractivity contribution in [2.75, 3.05) is 6.54 Å². The lowest BCUT2D eigenvalue weighted by molar-refractivity contribution is -0.149. The molecule has 19 heavy (non-hydrogen) atoms. The molecule has 2 fully saturated rings. The number of carboxylic acid groups (broad SMARTS) is 1. The van der Waals surface area contributed by atoms with Gasteiger partial charge in [-0.25, -0.2) is 0 Å². The first-order chi connectivity index (χ1) is 9.09. The fraction of sp³-hybridized carbons (Fsp3) is 0.857. The minimum absolute atomic E-state index is 0.135. The van der Waals surface area contributed by atoms with Crippen molar-refractivity contribution in [1.82, 2.24) is 5.32 Å². The summed E-state index contributed by atoms with van der Waals surface area (Å²) >= 11 is 0. The van der Waals surface area contributed by atoms with E-state index in [4.69, 9.17) is 5.11 Å². The highest BCUT2D eigenvalue weighted by Gasteiger charge is 2.36. The molecule has 0 aromatic carbocycles. The van der Waals surface area contributed by atoms with E-state index in [-0.39, 0.29) is 17.9 Å². The second-order valence-corrected chi connectivity index (χ2v) is 5.84. The van der Waals surface area contributed by atoms with E-state index in [9.17, 15) is 14.7 Å². The average Bonchev–Trinajstić information content (AvgIpc) is 2.81. The molecule has 4 unspecified atom stereocenters. The van der Waals surface area contributed by atoms with Crippen molar-refractivity contribution in [1.29, 1.82) is 0 Å². The van der Waals surface area contributed by atoms with E-state index in [2.05, 4.69) is 5.32 Å². The van der Waals surface area contributed by atoms with E-state index in [1.54, 1.807) is 0 Å². The van der Waals surface area contributed by atoms with Gasteiger partial charge >= 0.3 is 5.97 Å². The summed E-state index contributed by atoms with van der Waals surface area (Å²) in [4.78, 5) is 23.3. The molecule has 5 nitrogen and oxygen atoms in total. The SMILES string of the molecule is O=C(O)C1CCCCC1C(=O)NCC1CCCC1O. The molecule has 4 atom stereocenters. The molecule has 0 spiro atoms. The lowest BCUT2D eigenvalue weighted by Crippen LogP contribution is -2.42. The smallest absolute Gasteiger partial charge is 0.307 e. The van der Waals surface area contributed by atoms with Gasteiger partial charge in [-0.1, -0.05) is 19.3 Å². The van der Waals surface area contributed by atoms with Crippen molar-refractivity contribution in [3.8, 4) is 0 Å². The summed E-state index contributed by atoms with van der Waals surface area (Å²) in [6.07, 6.45) is 5.51. The quantitative estimate of drug-likeness (QED) is 0.714. The summed E-state index contributed by atoms with van der Waals surface area (Å²) < 4.78 is 0. The summed E-state index contributed by atoms with van der Waals surface area (Å²) in [7, 11) is 0. The molecule has 108 valence electrons. The lowest BCUT2D eigenvalue weighted by atomic mass is 9.78.